The van der Waals surface area contributed by atoms with Crippen LogP contribution in [-0.2, 0) is 16.6 Å². The van der Waals surface area contributed by atoms with Crippen molar-refractivity contribution in [1.82, 2.24) is 4.72 Å². The third kappa shape index (κ3) is 5.34. The van der Waals surface area contributed by atoms with Gasteiger partial charge in [-0.25, -0.2) is 13.1 Å². The number of benzene rings is 2. The summed E-state index contributed by atoms with van der Waals surface area (Å²) in [6.07, 6.45) is 1.54. The number of carbonyl (C=O) groups is 1. The van der Waals surface area contributed by atoms with Crippen LogP contribution in [0.25, 0.3) is 0 Å². The summed E-state index contributed by atoms with van der Waals surface area (Å²) in [6.45, 7) is 5.61. The van der Waals surface area contributed by atoms with Gasteiger partial charge in [0.25, 0.3) is 5.91 Å². The molecule has 0 fully saturated rings. The second-order valence-electron chi connectivity index (χ2n) is 7.45. The largest absolute Gasteiger partial charge is 0.495 e. The standard InChI is InChI=1S/C23H26N2O5S/c1-16(2)24-31(27,28)22-14-18(9-12-21(22)29-4)23(26)25(15-20-6-5-13-30-20)19-10-7-17(3)8-11-19/h5-14,16,24H,15H2,1-4H3. The van der Waals surface area contributed by atoms with Crippen LogP contribution in [-0.4, -0.2) is 27.5 Å². The SMILES string of the molecule is COc1ccc(C(=O)N(Cc2ccco2)c2ccc(C)cc2)cc1S(=O)(=O)NC(C)C. The Hall–Kier alpha value is -3.10. The highest BCUT2D eigenvalue weighted by molar-refractivity contribution is 7.89. The predicted molar refractivity (Wildman–Crippen MR) is 119 cm³/mol. The van der Waals surface area contributed by atoms with E-state index in [1.807, 2.05) is 31.2 Å². The highest BCUT2D eigenvalue weighted by Gasteiger charge is 2.25. The zero-order valence-electron chi connectivity index (χ0n) is 18.0. The molecule has 0 radical (unpaired) electrons. The smallest absolute Gasteiger partial charge is 0.258 e. The van der Waals surface area contributed by atoms with Gasteiger partial charge in [-0.1, -0.05) is 17.7 Å². The first-order valence-electron chi connectivity index (χ1n) is 9.82. The maximum Gasteiger partial charge on any atom is 0.258 e. The van der Waals surface area contributed by atoms with E-state index in [2.05, 4.69) is 4.72 Å². The fourth-order valence-electron chi connectivity index (χ4n) is 3.11. The molecule has 0 aliphatic heterocycles. The number of hydrogen-bond acceptors (Lipinski definition) is 5. The van der Waals surface area contributed by atoms with Gasteiger partial charge in [0.1, 0.15) is 16.4 Å². The van der Waals surface area contributed by atoms with Crippen LogP contribution >= 0.6 is 0 Å². The molecule has 0 atom stereocenters. The fourth-order valence-corrected chi connectivity index (χ4v) is 4.56. The normalized spacial score (nSPS) is 11.5. The van der Waals surface area contributed by atoms with Crippen molar-refractivity contribution < 1.29 is 22.4 Å². The molecule has 8 heteroatoms. The molecule has 31 heavy (non-hydrogen) atoms. The summed E-state index contributed by atoms with van der Waals surface area (Å²) < 4.78 is 38.8. The van der Waals surface area contributed by atoms with Crippen LogP contribution in [0.2, 0.25) is 0 Å². The number of nitrogens with zero attached hydrogens (tertiary/aromatic N) is 1. The van der Waals surface area contributed by atoms with Crippen LogP contribution in [0.15, 0.2) is 70.2 Å². The second-order valence-corrected chi connectivity index (χ2v) is 9.13. The molecule has 0 spiro atoms. The van der Waals surface area contributed by atoms with E-state index in [1.165, 1.54) is 19.2 Å². The van der Waals surface area contributed by atoms with Gasteiger partial charge in [-0.3, -0.25) is 4.79 Å². The molecular formula is C23H26N2O5S. The van der Waals surface area contributed by atoms with Crippen LogP contribution < -0.4 is 14.4 Å². The Balaban J connectivity index is 2.04. The monoisotopic (exact) mass is 442 g/mol. The molecule has 0 bridgehead atoms. The summed E-state index contributed by atoms with van der Waals surface area (Å²) in [5, 5.41) is 0. The van der Waals surface area contributed by atoms with Crippen molar-refractivity contribution in [2.75, 3.05) is 12.0 Å². The number of aryl methyl sites for hydroxylation is 1. The number of carbonyl (C=O) groups excluding carboxylic acids is 1. The molecule has 0 saturated carbocycles. The molecule has 7 nitrogen and oxygen atoms in total. The molecule has 164 valence electrons. The van der Waals surface area contributed by atoms with Gasteiger partial charge in [-0.05, 0) is 63.2 Å². The minimum Gasteiger partial charge on any atom is -0.495 e. The van der Waals surface area contributed by atoms with Gasteiger partial charge < -0.3 is 14.1 Å². The Bertz CT molecular complexity index is 1140. The molecule has 1 amide bonds. The minimum atomic E-state index is -3.87. The third-order valence-corrected chi connectivity index (χ3v) is 6.26. The quantitative estimate of drug-likeness (QED) is 0.567. The summed E-state index contributed by atoms with van der Waals surface area (Å²) in [7, 11) is -2.48. The molecule has 1 N–H and O–H groups in total. The summed E-state index contributed by atoms with van der Waals surface area (Å²) in [4.78, 5) is 14.9. The Morgan fingerprint density at radius 3 is 2.42 bits per heavy atom. The van der Waals surface area contributed by atoms with E-state index in [9.17, 15) is 13.2 Å². The summed E-state index contributed by atoms with van der Waals surface area (Å²) in [6, 6.07) is 15.1. The molecule has 0 saturated heterocycles. The van der Waals surface area contributed by atoms with Crippen LogP contribution in [0.5, 0.6) is 5.75 Å². The zero-order chi connectivity index (χ0) is 22.6. The van der Waals surface area contributed by atoms with Gasteiger partial charge in [0, 0.05) is 17.3 Å². The van der Waals surface area contributed by atoms with Crippen molar-refractivity contribution in [2.45, 2.75) is 38.3 Å². The van der Waals surface area contributed by atoms with E-state index in [0.29, 0.717) is 11.4 Å². The molecule has 0 aliphatic rings. The Labute approximate surface area is 182 Å². The topological polar surface area (TPSA) is 88.8 Å². The van der Waals surface area contributed by atoms with E-state index in [-0.39, 0.29) is 34.7 Å². The predicted octanol–water partition coefficient (Wildman–Crippen LogP) is 4.13. The first kappa shape index (κ1) is 22.6. The maximum absolute atomic E-state index is 13.5. The minimum absolute atomic E-state index is 0.0867. The summed E-state index contributed by atoms with van der Waals surface area (Å²) in [5.41, 5.74) is 1.95. The number of ether oxygens (including phenoxy) is 1. The van der Waals surface area contributed by atoms with E-state index in [0.717, 1.165) is 5.56 Å². The molecule has 0 aliphatic carbocycles. The number of furan rings is 1. The Morgan fingerprint density at radius 2 is 1.84 bits per heavy atom. The fraction of sp³-hybridized carbons (Fsp3) is 0.261. The molecule has 3 rings (SSSR count). The van der Waals surface area contributed by atoms with E-state index in [4.69, 9.17) is 9.15 Å². The molecule has 1 heterocycles. The van der Waals surface area contributed by atoms with Crippen LogP contribution in [0, 0.1) is 6.92 Å². The Kier molecular flexibility index (Phi) is 6.82. The first-order chi connectivity index (χ1) is 14.7. The maximum atomic E-state index is 13.5. The highest BCUT2D eigenvalue weighted by Crippen LogP contribution is 2.28. The first-order valence-corrected chi connectivity index (χ1v) is 11.3. The summed E-state index contributed by atoms with van der Waals surface area (Å²) >= 11 is 0. The lowest BCUT2D eigenvalue weighted by Crippen LogP contribution is -2.32. The Morgan fingerprint density at radius 1 is 1.13 bits per heavy atom. The van der Waals surface area contributed by atoms with Crippen molar-refractivity contribution in [3.63, 3.8) is 0 Å². The average Bonchev–Trinajstić information content (AvgIpc) is 3.24. The average molecular weight is 443 g/mol. The second kappa shape index (κ2) is 9.36. The zero-order valence-corrected chi connectivity index (χ0v) is 18.8. The number of sulfonamides is 1. The number of anilines is 1. The van der Waals surface area contributed by atoms with Crippen molar-refractivity contribution in [3.05, 3.63) is 77.7 Å². The number of hydrogen-bond donors (Lipinski definition) is 1. The van der Waals surface area contributed by atoms with Crippen LogP contribution in [0.4, 0.5) is 5.69 Å². The number of nitrogens with one attached hydrogen (secondary N) is 1. The van der Waals surface area contributed by atoms with E-state index < -0.39 is 10.0 Å². The number of amides is 1. The lowest BCUT2D eigenvalue weighted by atomic mass is 10.1. The van der Waals surface area contributed by atoms with Crippen molar-refractivity contribution in [3.8, 4) is 5.75 Å². The van der Waals surface area contributed by atoms with Crippen molar-refractivity contribution >= 4 is 21.6 Å². The van der Waals surface area contributed by atoms with E-state index >= 15 is 0 Å². The van der Waals surface area contributed by atoms with Gasteiger partial charge in [-0.15, -0.1) is 0 Å². The number of methoxy groups -OCH3 is 1. The van der Waals surface area contributed by atoms with Crippen LogP contribution in [0.3, 0.4) is 0 Å². The van der Waals surface area contributed by atoms with Crippen molar-refractivity contribution in [2.24, 2.45) is 0 Å². The van der Waals surface area contributed by atoms with Gasteiger partial charge in [-0.2, -0.15) is 0 Å². The van der Waals surface area contributed by atoms with Gasteiger partial charge >= 0.3 is 0 Å². The molecule has 1 aromatic heterocycles. The number of rotatable bonds is 8. The molecular weight excluding hydrogens is 416 g/mol. The van der Waals surface area contributed by atoms with Crippen LogP contribution in [0.1, 0.15) is 35.5 Å². The lowest BCUT2D eigenvalue weighted by Gasteiger charge is -2.23. The molecule has 0 unspecified atom stereocenters. The lowest BCUT2D eigenvalue weighted by molar-refractivity contribution is 0.0983. The third-order valence-electron chi connectivity index (χ3n) is 4.58. The van der Waals surface area contributed by atoms with Crippen molar-refractivity contribution in [1.29, 1.82) is 0 Å². The molecule has 2 aromatic carbocycles. The highest BCUT2D eigenvalue weighted by atomic mass is 32.2. The summed E-state index contributed by atoms with van der Waals surface area (Å²) in [5.74, 6) is 0.415. The van der Waals surface area contributed by atoms with Gasteiger partial charge in [0.05, 0.1) is 19.9 Å². The van der Waals surface area contributed by atoms with Gasteiger partial charge in [0.15, 0.2) is 0 Å². The molecule has 3 aromatic rings. The van der Waals surface area contributed by atoms with E-state index in [1.54, 1.807) is 43.2 Å². The van der Waals surface area contributed by atoms with Gasteiger partial charge in [0.2, 0.25) is 10.0 Å².